The van der Waals surface area contributed by atoms with Crippen molar-refractivity contribution in [1.82, 2.24) is 9.88 Å². The quantitative estimate of drug-likeness (QED) is 0.760. The Balaban J connectivity index is 1.44. The largest absolute Gasteiger partial charge is 0.481 e. The third-order valence-electron chi connectivity index (χ3n) is 6.05. The molecule has 2 heterocycles. The molecule has 29 heavy (non-hydrogen) atoms. The summed E-state index contributed by atoms with van der Waals surface area (Å²) in [4.78, 5) is 17.7. The van der Waals surface area contributed by atoms with Crippen LogP contribution in [0.4, 0.5) is 4.39 Å². The fourth-order valence-corrected chi connectivity index (χ4v) is 4.43. The van der Waals surface area contributed by atoms with Crippen LogP contribution >= 0.6 is 11.6 Å². The van der Waals surface area contributed by atoms with E-state index in [0.29, 0.717) is 30.8 Å². The molecular formula is C22H24ClFN2O3. The second-order valence-electron chi connectivity index (χ2n) is 7.78. The first-order valence-corrected chi connectivity index (χ1v) is 10.4. The van der Waals surface area contributed by atoms with E-state index in [-0.39, 0.29) is 24.4 Å². The molecule has 2 aromatic rings. The van der Waals surface area contributed by atoms with Crippen molar-refractivity contribution in [3.8, 4) is 5.88 Å². The van der Waals surface area contributed by atoms with Crippen LogP contribution in [-0.2, 0) is 30.8 Å². The lowest BCUT2D eigenvalue weighted by molar-refractivity contribution is -0.147. The first-order valence-electron chi connectivity index (χ1n) is 10.0. The summed E-state index contributed by atoms with van der Waals surface area (Å²) in [6, 6.07) is 7.46. The number of aromatic nitrogens is 1. The molecule has 4 rings (SSSR count). The summed E-state index contributed by atoms with van der Waals surface area (Å²) in [5, 5.41) is 9.67. The fraction of sp³-hybridized carbons (Fsp3) is 0.455. The maximum atomic E-state index is 14.6. The van der Waals surface area contributed by atoms with Gasteiger partial charge in [0.15, 0.2) is 5.82 Å². The number of aliphatic carboxylic acids is 1. The van der Waals surface area contributed by atoms with Gasteiger partial charge in [0.05, 0.1) is 11.6 Å². The standard InChI is InChI=1S/C22H24ClFN2O3/c1-2-13-4-3-5-18(23)17(13)12-29-21-19(24)10-15-11-26(7-6-20(15)25-21)16-8-14(9-16)22(27)28/h3-5,10,14,16H,2,6-9,11-12H2,1H3,(H,27,28). The highest BCUT2D eigenvalue weighted by Gasteiger charge is 2.39. The number of nitrogens with zero attached hydrogens (tertiary/aromatic N) is 2. The SMILES string of the molecule is CCc1cccc(Cl)c1COc1nc2c(cc1F)CN(C1CC(C(=O)O)C1)CC2. The maximum Gasteiger partial charge on any atom is 0.306 e. The summed E-state index contributed by atoms with van der Waals surface area (Å²) in [5.41, 5.74) is 3.64. The third-order valence-corrected chi connectivity index (χ3v) is 6.40. The number of hydrogen-bond acceptors (Lipinski definition) is 4. The van der Waals surface area contributed by atoms with Crippen LogP contribution in [0.25, 0.3) is 0 Å². The van der Waals surface area contributed by atoms with E-state index in [0.717, 1.165) is 35.3 Å². The van der Waals surface area contributed by atoms with Crippen molar-refractivity contribution < 1.29 is 19.0 Å². The molecule has 0 radical (unpaired) electrons. The molecule has 0 spiro atoms. The van der Waals surface area contributed by atoms with Crippen molar-refractivity contribution in [3.05, 3.63) is 57.5 Å². The molecule has 5 nitrogen and oxygen atoms in total. The van der Waals surface area contributed by atoms with E-state index in [9.17, 15) is 9.18 Å². The van der Waals surface area contributed by atoms with Crippen LogP contribution < -0.4 is 4.74 Å². The van der Waals surface area contributed by atoms with Crippen LogP contribution in [0, 0.1) is 11.7 Å². The van der Waals surface area contributed by atoms with Crippen LogP contribution in [0.15, 0.2) is 24.3 Å². The van der Waals surface area contributed by atoms with Crippen LogP contribution in [0.3, 0.4) is 0 Å². The molecule has 1 saturated carbocycles. The number of benzene rings is 1. The van der Waals surface area contributed by atoms with Crippen LogP contribution in [0.5, 0.6) is 5.88 Å². The number of hydrogen-bond donors (Lipinski definition) is 1. The minimum atomic E-state index is -0.724. The van der Waals surface area contributed by atoms with Gasteiger partial charge in [-0.05, 0) is 42.5 Å². The van der Waals surface area contributed by atoms with Gasteiger partial charge in [-0.25, -0.2) is 9.37 Å². The van der Waals surface area contributed by atoms with Crippen molar-refractivity contribution in [2.45, 2.75) is 51.8 Å². The Morgan fingerprint density at radius 2 is 2.21 bits per heavy atom. The molecule has 0 unspecified atom stereocenters. The number of halogens is 2. The lowest BCUT2D eigenvalue weighted by Crippen LogP contribution is -2.48. The smallest absolute Gasteiger partial charge is 0.306 e. The predicted molar refractivity (Wildman–Crippen MR) is 108 cm³/mol. The third kappa shape index (κ3) is 4.09. The second kappa shape index (κ2) is 8.28. The van der Waals surface area contributed by atoms with Crippen molar-refractivity contribution >= 4 is 17.6 Å². The van der Waals surface area contributed by atoms with E-state index in [1.54, 1.807) is 6.07 Å². The van der Waals surface area contributed by atoms with E-state index >= 15 is 0 Å². The van der Waals surface area contributed by atoms with E-state index in [1.807, 2.05) is 19.1 Å². The molecule has 0 saturated heterocycles. The number of rotatable bonds is 6. The Bertz CT molecular complexity index is 931. The van der Waals surface area contributed by atoms with Gasteiger partial charge in [0, 0.05) is 36.1 Å². The van der Waals surface area contributed by atoms with Gasteiger partial charge in [0.25, 0.3) is 5.88 Å². The zero-order valence-electron chi connectivity index (χ0n) is 16.3. The summed E-state index contributed by atoms with van der Waals surface area (Å²) in [6.45, 7) is 3.61. The fourth-order valence-electron chi connectivity index (χ4n) is 4.18. The minimum Gasteiger partial charge on any atom is -0.481 e. The average Bonchev–Trinajstić information content (AvgIpc) is 2.65. The summed E-state index contributed by atoms with van der Waals surface area (Å²) in [5.74, 6) is -1.44. The zero-order valence-corrected chi connectivity index (χ0v) is 17.1. The lowest BCUT2D eigenvalue weighted by Gasteiger charge is -2.43. The summed E-state index contributed by atoms with van der Waals surface area (Å²) >= 11 is 6.29. The molecule has 2 aliphatic rings. The van der Waals surface area contributed by atoms with Crippen molar-refractivity contribution in [2.24, 2.45) is 5.92 Å². The molecule has 0 bridgehead atoms. The highest BCUT2D eigenvalue weighted by Crippen LogP contribution is 2.35. The van der Waals surface area contributed by atoms with Crippen molar-refractivity contribution in [2.75, 3.05) is 6.54 Å². The van der Waals surface area contributed by atoms with Gasteiger partial charge in [-0.2, -0.15) is 0 Å². The monoisotopic (exact) mass is 418 g/mol. The molecule has 0 atom stereocenters. The molecule has 1 fully saturated rings. The molecule has 1 aliphatic heterocycles. The van der Waals surface area contributed by atoms with E-state index < -0.39 is 11.8 Å². The molecule has 1 aliphatic carbocycles. The Labute approximate surface area is 174 Å². The summed E-state index contributed by atoms with van der Waals surface area (Å²) in [7, 11) is 0. The second-order valence-corrected chi connectivity index (χ2v) is 8.19. The molecule has 7 heteroatoms. The van der Waals surface area contributed by atoms with Gasteiger partial charge < -0.3 is 9.84 Å². The highest BCUT2D eigenvalue weighted by molar-refractivity contribution is 6.31. The summed E-state index contributed by atoms with van der Waals surface area (Å²) in [6.07, 6.45) is 2.85. The predicted octanol–water partition coefficient (Wildman–Crippen LogP) is 4.24. The number of carboxylic acid groups (broad SMARTS) is 1. The van der Waals surface area contributed by atoms with Crippen LogP contribution in [0.1, 0.15) is 42.1 Å². The topological polar surface area (TPSA) is 62.7 Å². The first-order chi connectivity index (χ1) is 14.0. The Hall–Kier alpha value is -2.18. The maximum absolute atomic E-state index is 14.6. The van der Waals surface area contributed by atoms with Gasteiger partial charge in [-0.1, -0.05) is 30.7 Å². The Kier molecular flexibility index (Phi) is 5.74. The van der Waals surface area contributed by atoms with Gasteiger partial charge >= 0.3 is 5.97 Å². The molecular weight excluding hydrogens is 395 g/mol. The van der Waals surface area contributed by atoms with E-state index in [4.69, 9.17) is 21.4 Å². The molecule has 1 aromatic carbocycles. The summed E-state index contributed by atoms with van der Waals surface area (Å²) < 4.78 is 20.3. The number of carboxylic acids is 1. The molecule has 0 amide bonds. The van der Waals surface area contributed by atoms with Gasteiger partial charge in [0.2, 0.25) is 0 Å². The van der Waals surface area contributed by atoms with Crippen LogP contribution in [0.2, 0.25) is 5.02 Å². The zero-order chi connectivity index (χ0) is 20.5. The molecule has 1 N–H and O–H groups in total. The number of ether oxygens (including phenoxy) is 1. The molecule has 154 valence electrons. The van der Waals surface area contributed by atoms with Crippen LogP contribution in [-0.4, -0.2) is 33.5 Å². The number of aryl methyl sites for hydroxylation is 1. The normalized spacial score (nSPS) is 21.3. The average molecular weight is 419 g/mol. The lowest BCUT2D eigenvalue weighted by atomic mass is 9.78. The number of fused-ring (bicyclic) bond motifs is 1. The van der Waals surface area contributed by atoms with Gasteiger partial charge in [-0.15, -0.1) is 0 Å². The van der Waals surface area contributed by atoms with Crippen molar-refractivity contribution in [3.63, 3.8) is 0 Å². The highest BCUT2D eigenvalue weighted by atomic mass is 35.5. The van der Waals surface area contributed by atoms with E-state index in [1.165, 1.54) is 6.07 Å². The van der Waals surface area contributed by atoms with Gasteiger partial charge in [-0.3, -0.25) is 9.69 Å². The van der Waals surface area contributed by atoms with Gasteiger partial charge in [0.1, 0.15) is 6.61 Å². The van der Waals surface area contributed by atoms with E-state index in [2.05, 4.69) is 9.88 Å². The number of pyridine rings is 1. The number of carbonyl (C=O) groups is 1. The minimum absolute atomic E-state index is 0.00811. The molecule has 1 aromatic heterocycles. The Morgan fingerprint density at radius 3 is 2.93 bits per heavy atom. The van der Waals surface area contributed by atoms with Crippen molar-refractivity contribution in [1.29, 1.82) is 0 Å². The first kappa shape index (κ1) is 20.1. The Morgan fingerprint density at radius 1 is 1.41 bits per heavy atom.